The van der Waals surface area contributed by atoms with Crippen molar-refractivity contribution in [3.63, 3.8) is 0 Å². The number of rotatable bonds is 6. The Balaban J connectivity index is 1.30. The van der Waals surface area contributed by atoms with E-state index in [1.165, 1.54) is 16.9 Å². The van der Waals surface area contributed by atoms with E-state index in [4.69, 9.17) is 0 Å². The molecule has 1 aromatic carbocycles. The first kappa shape index (κ1) is 18.2. The average Bonchev–Trinajstić information content (AvgIpc) is 2.91. The number of imide groups is 1. The number of fused-ring (bicyclic) bond motifs is 1. The average molecular weight is 368 g/mol. The minimum Gasteiger partial charge on any atom is -0.355 e. The van der Waals surface area contributed by atoms with Crippen molar-refractivity contribution in [1.82, 2.24) is 10.2 Å². The van der Waals surface area contributed by atoms with Gasteiger partial charge in [-0.3, -0.25) is 19.3 Å². The first-order valence-electron chi connectivity index (χ1n) is 10.3. The van der Waals surface area contributed by atoms with E-state index in [1.807, 2.05) is 18.2 Å². The van der Waals surface area contributed by atoms with E-state index in [0.29, 0.717) is 6.54 Å². The number of likely N-dealkylation sites (tertiary alicyclic amines) is 1. The van der Waals surface area contributed by atoms with E-state index < -0.39 is 0 Å². The highest BCUT2D eigenvalue weighted by Gasteiger charge is 2.47. The highest BCUT2D eigenvalue weighted by molar-refractivity contribution is 6.05. The fraction of sp³-hybridized carbons (Fsp3) is 0.591. The van der Waals surface area contributed by atoms with Gasteiger partial charge in [0, 0.05) is 24.9 Å². The van der Waals surface area contributed by atoms with E-state index in [2.05, 4.69) is 17.4 Å². The Hall–Kier alpha value is -2.17. The van der Waals surface area contributed by atoms with Crippen LogP contribution in [0.25, 0.3) is 0 Å². The molecule has 2 aliphatic carbocycles. The summed E-state index contributed by atoms with van der Waals surface area (Å²) in [5.41, 5.74) is 1.33. The number of nitrogens with zero attached hydrogens (tertiary/aromatic N) is 1. The molecule has 1 heterocycles. The molecule has 5 heteroatoms. The Morgan fingerprint density at radius 2 is 1.63 bits per heavy atom. The number of carbonyl (C=O) groups excluding carboxylic acids is 3. The molecule has 0 radical (unpaired) electrons. The summed E-state index contributed by atoms with van der Waals surface area (Å²) in [7, 11) is 0. The second kappa shape index (κ2) is 7.45. The maximum absolute atomic E-state index is 12.5. The van der Waals surface area contributed by atoms with Crippen molar-refractivity contribution in [2.45, 2.75) is 56.8 Å². The molecule has 1 N–H and O–H groups in total. The quantitative estimate of drug-likeness (QED) is 0.785. The zero-order valence-electron chi connectivity index (χ0n) is 15.8. The Morgan fingerprint density at radius 3 is 2.19 bits per heavy atom. The molecule has 0 unspecified atom stereocenters. The summed E-state index contributed by atoms with van der Waals surface area (Å²) < 4.78 is 0. The predicted molar refractivity (Wildman–Crippen MR) is 102 cm³/mol. The van der Waals surface area contributed by atoms with Gasteiger partial charge in [-0.05, 0) is 31.2 Å². The van der Waals surface area contributed by atoms with Crippen LogP contribution in [-0.2, 0) is 19.8 Å². The van der Waals surface area contributed by atoms with Gasteiger partial charge >= 0.3 is 0 Å². The Kier molecular flexibility index (Phi) is 5.02. The second-order valence-electron chi connectivity index (χ2n) is 8.35. The third kappa shape index (κ3) is 3.40. The molecule has 0 spiro atoms. The summed E-state index contributed by atoms with van der Waals surface area (Å²) in [6.45, 7) is 0.845. The SMILES string of the molecule is O=C(CCN1C(=O)[C@H]2CCCC[C@@H]2C1=O)NCC1(c2ccccc2)CCC1. The van der Waals surface area contributed by atoms with Gasteiger partial charge in [0.25, 0.3) is 0 Å². The van der Waals surface area contributed by atoms with Crippen LogP contribution in [-0.4, -0.2) is 35.7 Å². The Bertz CT molecular complexity index is 702. The molecule has 4 rings (SSSR count). The maximum Gasteiger partial charge on any atom is 0.233 e. The van der Waals surface area contributed by atoms with Crippen molar-refractivity contribution in [3.05, 3.63) is 35.9 Å². The van der Waals surface area contributed by atoms with Crippen LogP contribution in [0.15, 0.2) is 30.3 Å². The van der Waals surface area contributed by atoms with Crippen LogP contribution >= 0.6 is 0 Å². The molecule has 3 amide bonds. The minimum atomic E-state index is -0.134. The van der Waals surface area contributed by atoms with Crippen LogP contribution in [0, 0.1) is 11.8 Å². The monoisotopic (exact) mass is 368 g/mol. The molecule has 3 aliphatic rings. The summed E-state index contributed by atoms with van der Waals surface area (Å²) in [4.78, 5) is 38.7. The molecular formula is C22H28N2O3. The van der Waals surface area contributed by atoms with Crippen molar-refractivity contribution >= 4 is 17.7 Å². The number of amides is 3. The number of carbonyl (C=O) groups is 3. The highest BCUT2D eigenvalue weighted by atomic mass is 16.2. The lowest BCUT2D eigenvalue weighted by Crippen LogP contribution is -2.46. The lowest BCUT2D eigenvalue weighted by Gasteiger charge is -2.42. The molecular weight excluding hydrogens is 340 g/mol. The van der Waals surface area contributed by atoms with Gasteiger partial charge in [-0.1, -0.05) is 49.6 Å². The van der Waals surface area contributed by atoms with Crippen molar-refractivity contribution in [3.8, 4) is 0 Å². The molecule has 0 aromatic heterocycles. The molecule has 27 heavy (non-hydrogen) atoms. The van der Waals surface area contributed by atoms with E-state index >= 15 is 0 Å². The topological polar surface area (TPSA) is 66.5 Å². The number of benzene rings is 1. The van der Waals surface area contributed by atoms with Gasteiger partial charge in [-0.2, -0.15) is 0 Å². The molecule has 2 atom stereocenters. The second-order valence-corrected chi connectivity index (χ2v) is 8.35. The van der Waals surface area contributed by atoms with E-state index in [9.17, 15) is 14.4 Å². The van der Waals surface area contributed by atoms with Crippen LogP contribution in [0.4, 0.5) is 0 Å². The summed E-state index contributed by atoms with van der Waals surface area (Å²) in [6, 6.07) is 10.4. The largest absolute Gasteiger partial charge is 0.355 e. The first-order valence-corrected chi connectivity index (χ1v) is 10.3. The van der Waals surface area contributed by atoms with Crippen molar-refractivity contribution in [2.75, 3.05) is 13.1 Å². The molecule has 144 valence electrons. The smallest absolute Gasteiger partial charge is 0.233 e. The van der Waals surface area contributed by atoms with Crippen LogP contribution in [0.5, 0.6) is 0 Å². The molecule has 1 saturated heterocycles. The van der Waals surface area contributed by atoms with Crippen molar-refractivity contribution < 1.29 is 14.4 Å². The van der Waals surface area contributed by atoms with Gasteiger partial charge < -0.3 is 5.32 Å². The zero-order chi connectivity index (χ0) is 18.9. The van der Waals surface area contributed by atoms with E-state index in [0.717, 1.165) is 38.5 Å². The number of nitrogens with one attached hydrogen (secondary N) is 1. The molecule has 0 bridgehead atoms. The summed E-state index contributed by atoms with van der Waals surface area (Å²) in [6.07, 6.45) is 7.24. The molecule has 2 saturated carbocycles. The van der Waals surface area contributed by atoms with Gasteiger partial charge in [0.1, 0.15) is 0 Å². The molecule has 5 nitrogen and oxygen atoms in total. The van der Waals surface area contributed by atoms with E-state index in [1.54, 1.807) is 0 Å². The predicted octanol–water partition coefficient (Wildman–Crippen LogP) is 2.79. The highest BCUT2D eigenvalue weighted by Crippen LogP contribution is 2.43. The van der Waals surface area contributed by atoms with Crippen molar-refractivity contribution in [1.29, 1.82) is 0 Å². The van der Waals surface area contributed by atoms with Gasteiger partial charge in [-0.25, -0.2) is 0 Å². The van der Waals surface area contributed by atoms with Gasteiger partial charge in [0.15, 0.2) is 0 Å². The molecule has 1 aromatic rings. The van der Waals surface area contributed by atoms with Crippen LogP contribution in [0.1, 0.15) is 56.9 Å². The summed E-state index contributed by atoms with van der Waals surface area (Å²) in [5.74, 6) is -0.460. The summed E-state index contributed by atoms with van der Waals surface area (Å²) in [5, 5.41) is 3.05. The first-order chi connectivity index (χ1) is 13.1. The zero-order valence-corrected chi connectivity index (χ0v) is 15.8. The van der Waals surface area contributed by atoms with Gasteiger partial charge in [0.2, 0.25) is 17.7 Å². The number of hydrogen-bond donors (Lipinski definition) is 1. The normalized spacial score (nSPS) is 26.4. The third-order valence-corrected chi connectivity index (χ3v) is 6.82. The van der Waals surface area contributed by atoms with Crippen LogP contribution in [0.3, 0.4) is 0 Å². The Morgan fingerprint density at radius 1 is 1.00 bits per heavy atom. The lowest BCUT2D eigenvalue weighted by atomic mass is 9.64. The Labute approximate surface area is 160 Å². The third-order valence-electron chi connectivity index (χ3n) is 6.82. The standard InChI is InChI=1S/C22H28N2O3/c25-19(23-15-22(12-6-13-22)16-7-2-1-3-8-16)11-14-24-20(26)17-9-4-5-10-18(17)21(24)27/h1-3,7-8,17-18H,4-6,9-15H2,(H,23,25)/t17-,18-/m0/s1. The van der Waals surface area contributed by atoms with E-state index in [-0.39, 0.29) is 47.9 Å². The molecule has 3 fully saturated rings. The molecule has 1 aliphatic heterocycles. The van der Waals surface area contributed by atoms with Gasteiger partial charge in [0.05, 0.1) is 11.8 Å². The van der Waals surface area contributed by atoms with Crippen LogP contribution in [0.2, 0.25) is 0 Å². The fourth-order valence-corrected chi connectivity index (χ4v) is 4.98. The minimum absolute atomic E-state index is 0.0468. The maximum atomic E-state index is 12.5. The number of hydrogen-bond acceptors (Lipinski definition) is 3. The fourth-order valence-electron chi connectivity index (χ4n) is 4.98. The van der Waals surface area contributed by atoms with Crippen molar-refractivity contribution in [2.24, 2.45) is 11.8 Å². The van der Waals surface area contributed by atoms with Crippen LogP contribution < -0.4 is 5.32 Å². The lowest BCUT2D eigenvalue weighted by molar-refractivity contribution is -0.140. The summed E-state index contributed by atoms with van der Waals surface area (Å²) >= 11 is 0. The van der Waals surface area contributed by atoms with Gasteiger partial charge in [-0.15, -0.1) is 0 Å².